The number of phenolic OH excluding ortho intramolecular Hbond substituents is 2. The van der Waals surface area contributed by atoms with Crippen LogP contribution in [0, 0.1) is 0 Å². The molecule has 0 aliphatic rings. The summed E-state index contributed by atoms with van der Waals surface area (Å²) in [6, 6.07) is 11.0. The summed E-state index contributed by atoms with van der Waals surface area (Å²) in [5.74, 6) is -0.893. The predicted octanol–water partition coefficient (Wildman–Crippen LogP) is 3.55. The minimum Gasteiger partial charge on any atom is -0.506 e. The van der Waals surface area contributed by atoms with E-state index in [1.165, 1.54) is 30.5 Å². The maximum absolute atomic E-state index is 12.3. The third-order valence-corrected chi connectivity index (χ3v) is 3.43. The smallest absolute Gasteiger partial charge is 0.259 e. The summed E-state index contributed by atoms with van der Waals surface area (Å²) in [5, 5.41) is 23.5. The van der Waals surface area contributed by atoms with E-state index in [0.29, 0.717) is 10.5 Å². The van der Waals surface area contributed by atoms with Gasteiger partial charge in [0.2, 0.25) is 0 Å². The molecule has 1 amide bonds. The fourth-order valence-electron chi connectivity index (χ4n) is 2.11. The van der Waals surface area contributed by atoms with Gasteiger partial charge in [0.25, 0.3) is 5.91 Å². The van der Waals surface area contributed by atoms with E-state index in [4.69, 9.17) is 11.6 Å². The van der Waals surface area contributed by atoms with E-state index in [1.54, 1.807) is 18.2 Å². The lowest BCUT2D eigenvalue weighted by Gasteiger charge is -2.10. The second-order valence-corrected chi connectivity index (χ2v) is 5.09. The van der Waals surface area contributed by atoms with Gasteiger partial charge >= 0.3 is 0 Å². The third-order valence-electron chi connectivity index (χ3n) is 3.20. The normalized spacial score (nSPS) is 10.6. The van der Waals surface area contributed by atoms with E-state index < -0.39 is 5.91 Å². The van der Waals surface area contributed by atoms with Gasteiger partial charge in [-0.2, -0.15) is 0 Å². The lowest BCUT2D eigenvalue weighted by Crippen LogP contribution is -2.12. The molecule has 5 nitrogen and oxygen atoms in total. The predicted molar refractivity (Wildman–Crippen MR) is 84.5 cm³/mol. The Morgan fingerprint density at radius 2 is 1.95 bits per heavy atom. The van der Waals surface area contributed by atoms with Crippen molar-refractivity contribution in [3.8, 4) is 11.5 Å². The van der Waals surface area contributed by atoms with Gasteiger partial charge in [-0.05, 0) is 30.3 Å². The number of rotatable bonds is 2. The summed E-state index contributed by atoms with van der Waals surface area (Å²) in [5.41, 5.74) is 0.564. The van der Waals surface area contributed by atoms with Crippen molar-refractivity contribution >= 4 is 34.1 Å². The van der Waals surface area contributed by atoms with Crippen LogP contribution >= 0.6 is 11.6 Å². The first-order valence-corrected chi connectivity index (χ1v) is 6.80. The number of pyridine rings is 1. The van der Waals surface area contributed by atoms with Gasteiger partial charge in [-0.25, -0.2) is 0 Å². The zero-order valence-electron chi connectivity index (χ0n) is 11.2. The van der Waals surface area contributed by atoms with Crippen molar-refractivity contribution in [2.75, 3.05) is 5.32 Å². The van der Waals surface area contributed by atoms with Crippen molar-refractivity contribution in [1.82, 2.24) is 4.98 Å². The minimum absolute atomic E-state index is 0.0607. The van der Waals surface area contributed by atoms with E-state index in [1.807, 2.05) is 0 Å². The van der Waals surface area contributed by atoms with Gasteiger partial charge in [0.1, 0.15) is 11.3 Å². The molecule has 0 fully saturated rings. The number of anilines is 1. The number of fused-ring (bicyclic) bond motifs is 1. The summed E-state index contributed by atoms with van der Waals surface area (Å²) in [4.78, 5) is 16.4. The average Bonchev–Trinajstić information content (AvgIpc) is 2.51. The molecule has 3 rings (SSSR count). The Morgan fingerprint density at radius 1 is 1.14 bits per heavy atom. The number of nitrogens with one attached hydrogen (secondary N) is 1. The van der Waals surface area contributed by atoms with E-state index >= 15 is 0 Å². The molecule has 3 N–H and O–H groups in total. The molecule has 110 valence electrons. The average molecular weight is 315 g/mol. The molecule has 1 heterocycles. The zero-order valence-corrected chi connectivity index (χ0v) is 12.0. The summed E-state index contributed by atoms with van der Waals surface area (Å²) < 4.78 is 0. The molecular formula is C16H11ClN2O3. The highest BCUT2D eigenvalue weighted by Gasteiger charge is 2.16. The van der Waals surface area contributed by atoms with Crippen LogP contribution in [0.4, 0.5) is 5.69 Å². The highest BCUT2D eigenvalue weighted by molar-refractivity contribution is 6.31. The Morgan fingerprint density at radius 3 is 2.77 bits per heavy atom. The molecule has 0 atom stereocenters. The van der Waals surface area contributed by atoms with Crippen LogP contribution in [0.1, 0.15) is 10.4 Å². The maximum Gasteiger partial charge on any atom is 0.259 e. The van der Waals surface area contributed by atoms with Crippen LogP contribution in [0.3, 0.4) is 0 Å². The van der Waals surface area contributed by atoms with Crippen molar-refractivity contribution < 1.29 is 15.0 Å². The Hall–Kier alpha value is -2.79. The van der Waals surface area contributed by atoms with Crippen LogP contribution in [0.2, 0.25) is 5.02 Å². The van der Waals surface area contributed by atoms with E-state index in [9.17, 15) is 15.0 Å². The van der Waals surface area contributed by atoms with E-state index in [-0.39, 0.29) is 22.7 Å². The molecular weight excluding hydrogens is 304 g/mol. The van der Waals surface area contributed by atoms with Gasteiger partial charge in [0.15, 0.2) is 5.75 Å². The van der Waals surface area contributed by atoms with Gasteiger partial charge in [-0.3, -0.25) is 9.78 Å². The molecule has 0 unspecified atom stereocenters. The number of amides is 1. The van der Waals surface area contributed by atoms with Gasteiger partial charge in [-0.1, -0.05) is 23.7 Å². The number of nitrogens with zero attached hydrogens (tertiary/aromatic N) is 1. The quantitative estimate of drug-likeness (QED) is 0.632. The van der Waals surface area contributed by atoms with Gasteiger partial charge in [0, 0.05) is 16.6 Å². The summed E-state index contributed by atoms with van der Waals surface area (Å²) in [7, 11) is 0. The molecule has 0 aliphatic carbocycles. The number of benzene rings is 2. The first-order chi connectivity index (χ1) is 10.6. The number of phenols is 2. The number of hydrogen-bond donors (Lipinski definition) is 3. The van der Waals surface area contributed by atoms with Gasteiger partial charge < -0.3 is 15.5 Å². The van der Waals surface area contributed by atoms with Crippen LogP contribution in [-0.2, 0) is 0 Å². The molecule has 0 saturated carbocycles. The van der Waals surface area contributed by atoms with Crippen molar-refractivity contribution in [3.63, 3.8) is 0 Å². The number of carbonyl (C=O) groups is 1. The Kier molecular flexibility index (Phi) is 3.56. The Bertz CT molecular complexity index is 880. The molecule has 0 aliphatic heterocycles. The first kappa shape index (κ1) is 14.2. The zero-order chi connectivity index (χ0) is 15.7. The van der Waals surface area contributed by atoms with Crippen molar-refractivity contribution in [2.24, 2.45) is 0 Å². The number of hydrogen-bond acceptors (Lipinski definition) is 4. The number of halogens is 1. The van der Waals surface area contributed by atoms with Crippen LogP contribution in [0.5, 0.6) is 11.5 Å². The standard InChI is InChI=1S/C16H11ClN2O3/c17-10-4-6-13(20)12(8-10)19-16(22)11-5-3-9-2-1-7-18-14(9)15(11)21/h1-8,20-21H,(H,19,22). The molecule has 2 aromatic carbocycles. The summed E-state index contributed by atoms with van der Waals surface area (Å²) in [6.45, 7) is 0. The molecule has 6 heteroatoms. The first-order valence-electron chi connectivity index (χ1n) is 6.43. The molecule has 22 heavy (non-hydrogen) atoms. The van der Waals surface area contributed by atoms with Crippen LogP contribution in [-0.4, -0.2) is 21.1 Å². The molecule has 0 bridgehead atoms. The monoisotopic (exact) mass is 314 g/mol. The minimum atomic E-state index is -0.567. The Balaban J connectivity index is 1.99. The highest BCUT2D eigenvalue weighted by Crippen LogP contribution is 2.30. The van der Waals surface area contributed by atoms with E-state index in [2.05, 4.69) is 10.3 Å². The molecule has 3 aromatic rings. The second-order valence-electron chi connectivity index (χ2n) is 4.65. The lowest BCUT2D eigenvalue weighted by molar-refractivity contribution is 0.102. The fourth-order valence-corrected chi connectivity index (χ4v) is 2.28. The van der Waals surface area contributed by atoms with Crippen molar-refractivity contribution in [1.29, 1.82) is 0 Å². The summed E-state index contributed by atoms with van der Waals surface area (Å²) >= 11 is 5.83. The fraction of sp³-hybridized carbons (Fsp3) is 0. The van der Waals surface area contributed by atoms with Crippen molar-refractivity contribution in [2.45, 2.75) is 0 Å². The lowest BCUT2D eigenvalue weighted by atomic mass is 10.1. The Labute approximate surface area is 130 Å². The number of carbonyl (C=O) groups excluding carboxylic acids is 1. The highest BCUT2D eigenvalue weighted by atomic mass is 35.5. The maximum atomic E-state index is 12.3. The number of aromatic hydroxyl groups is 2. The molecule has 0 spiro atoms. The third kappa shape index (κ3) is 2.54. The van der Waals surface area contributed by atoms with Crippen molar-refractivity contribution in [3.05, 3.63) is 59.2 Å². The van der Waals surface area contributed by atoms with E-state index in [0.717, 1.165) is 5.39 Å². The molecule has 0 radical (unpaired) electrons. The van der Waals surface area contributed by atoms with Gasteiger partial charge in [-0.15, -0.1) is 0 Å². The van der Waals surface area contributed by atoms with Crippen LogP contribution < -0.4 is 5.32 Å². The molecule has 0 saturated heterocycles. The number of aromatic nitrogens is 1. The summed E-state index contributed by atoms with van der Waals surface area (Å²) in [6.07, 6.45) is 1.53. The topological polar surface area (TPSA) is 82.5 Å². The SMILES string of the molecule is O=C(Nc1cc(Cl)ccc1O)c1ccc2cccnc2c1O. The second kappa shape index (κ2) is 5.54. The van der Waals surface area contributed by atoms with Crippen LogP contribution in [0.25, 0.3) is 10.9 Å². The van der Waals surface area contributed by atoms with Crippen LogP contribution in [0.15, 0.2) is 48.7 Å². The van der Waals surface area contributed by atoms with Gasteiger partial charge in [0.05, 0.1) is 11.3 Å². The largest absolute Gasteiger partial charge is 0.506 e. The molecule has 1 aromatic heterocycles.